The predicted molar refractivity (Wildman–Crippen MR) is 110 cm³/mol. The van der Waals surface area contributed by atoms with Crippen molar-refractivity contribution < 1.29 is 14.3 Å². The molecule has 0 radical (unpaired) electrons. The number of benzene rings is 2. The van der Waals surface area contributed by atoms with Gasteiger partial charge in [-0.25, -0.2) is 4.79 Å². The molecule has 0 aliphatic carbocycles. The summed E-state index contributed by atoms with van der Waals surface area (Å²) in [5.74, 6) is 0.796. The zero-order valence-electron chi connectivity index (χ0n) is 15.6. The minimum atomic E-state index is -0.306. The summed E-state index contributed by atoms with van der Waals surface area (Å²) < 4.78 is 10.5. The van der Waals surface area contributed by atoms with E-state index in [4.69, 9.17) is 9.47 Å². The lowest BCUT2D eigenvalue weighted by Crippen LogP contribution is -2.23. The summed E-state index contributed by atoms with van der Waals surface area (Å²) in [6, 6.07) is 16.2. The quantitative estimate of drug-likeness (QED) is 0.469. The number of nitrogens with zero attached hydrogens (tertiary/aromatic N) is 1. The topological polar surface area (TPSA) is 38.8 Å². The van der Waals surface area contributed by atoms with Crippen LogP contribution in [0.2, 0.25) is 0 Å². The number of cyclic esters (lactones) is 1. The highest BCUT2D eigenvalue weighted by atomic mass is 32.2. The highest BCUT2D eigenvalue weighted by molar-refractivity contribution is 8.03. The summed E-state index contributed by atoms with van der Waals surface area (Å²) in [6.45, 7) is 6.91. The van der Waals surface area contributed by atoms with E-state index >= 15 is 0 Å². The normalized spacial score (nSPS) is 14.6. The Morgan fingerprint density at radius 3 is 2.48 bits per heavy atom. The van der Waals surface area contributed by atoms with Crippen molar-refractivity contribution in [1.82, 2.24) is 4.90 Å². The number of thioether (sulfide) groups is 1. The lowest BCUT2D eigenvalue weighted by Gasteiger charge is -2.21. The van der Waals surface area contributed by atoms with Crippen LogP contribution in [0.25, 0.3) is 5.57 Å². The Morgan fingerprint density at radius 1 is 1.22 bits per heavy atom. The first kappa shape index (κ1) is 19.1. The Hall–Kier alpha value is -2.66. The van der Waals surface area contributed by atoms with Crippen molar-refractivity contribution in [3.63, 3.8) is 0 Å². The molecule has 1 aliphatic rings. The van der Waals surface area contributed by atoms with Crippen molar-refractivity contribution in [1.29, 1.82) is 0 Å². The molecule has 0 N–H and O–H groups in total. The third-order valence-corrected chi connectivity index (χ3v) is 5.45. The third-order valence-electron chi connectivity index (χ3n) is 4.29. The van der Waals surface area contributed by atoms with Gasteiger partial charge in [0.15, 0.2) is 0 Å². The summed E-state index contributed by atoms with van der Waals surface area (Å²) in [7, 11) is 1.65. The van der Waals surface area contributed by atoms with Crippen LogP contribution < -0.4 is 4.74 Å². The van der Waals surface area contributed by atoms with E-state index in [1.807, 2.05) is 30.3 Å². The number of allylic oxidation sites excluding steroid dienone is 2. The molecule has 1 saturated heterocycles. The van der Waals surface area contributed by atoms with E-state index < -0.39 is 0 Å². The lowest BCUT2D eigenvalue weighted by molar-refractivity contribution is 0.165. The Labute approximate surface area is 164 Å². The first-order valence-corrected chi connectivity index (χ1v) is 9.61. The smallest absolute Gasteiger partial charge is 0.414 e. The fourth-order valence-electron chi connectivity index (χ4n) is 2.84. The highest BCUT2D eigenvalue weighted by Crippen LogP contribution is 2.38. The van der Waals surface area contributed by atoms with Gasteiger partial charge >= 0.3 is 6.09 Å². The molecule has 3 rings (SSSR count). The van der Waals surface area contributed by atoms with E-state index in [0.29, 0.717) is 19.6 Å². The molecule has 0 bridgehead atoms. The van der Waals surface area contributed by atoms with Crippen molar-refractivity contribution in [2.24, 2.45) is 0 Å². The van der Waals surface area contributed by atoms with Gasteiger partial charge in [-0.05, 0) is 48.7 Å². The van der Waals surface area contributed by atoms with Gasteiger partial charge in [0.05, 0.1) is 18.7 Å². The van der Waals surface area contributed by atoms with Gasteiger partial charge in [-0.2, -0.15) is 0 Å². The van der Waals surface area contributed by atoms with Crippen molar-refractivity contribution in [2.75, 3.05) is 20.3 Å². The molecule has 0 unspecified atom stereocenters. The molecule has 1 aliphatic heterocycles. The number of amides is 1. The van der Waals surface area contributed by atoms with Crippen LogP contribution >= 0.6 is 11.8 Å². The first-order valence-electron chi connectivity index (χ1n) is 8.79. The second-order valence-corrected chi connectivity index (χ2v) is 7.25. The Morgan fingerprint density at radius 2 is 1.93 bits per heavy atom. The molecule has 27 heavy (non-hydrogen) atoms. The number of rotatable bonds is 7. The van der Waals surface area contributed by atoms with Gasteiger partial charge in [0.2, 0.25) is 0 Å². The SMILES string of the molecule is C=CC/C(=C(\Sc1ccc(C)cc1)N1CCOC1=O)c1ccc(OC)cc1. The van der Waals surface area contributed by atoms with Crippen molar-refractivity contribution in [2.45, 2.75) is 18.2 Å². The highest BCUT2D eigenvalue weighted by Gasteiger charge is 2.28. The van der Waals surface area contributed by atoms with Gasteiger partial charge in [0.1, 0.15) is 12.4 Å². The maximum absolute atomic E-state index is 12.3. The lowest BCUT2D eigenvalue weighted by atomic mass is 10.0. The molecular formula is C22H23NO3S. The number of aryl methyl sites for hydroxylation is 1. The molecule has 1 fully saturated rings. The summed E-state index contributed by atoms with van der Waals surface area (Å²) >= 11 is 1.58. The molecule has 2 aromatic rings. The fraction of sp³-hybridized carbons (Fsp3) is 0.227. The Bertz CT molecular complexity index is 841. The average Bonchev–Trinajstić information content (AvgIpc) is 3.12. The van der Waals surface area contributed by atoms with Crippen LogP contribution in [0.15, 0.2) is 71.1 Å². The number of carbonyl (C=O) groups excluding carboxylic acids is 1. The fourth-order valence-corrected chi connectivity index (χ4v) is 3.94. The number of ether oxygens (including phenoxy) is 2. The van der Waals surface area contributed by atoms with Crippen LogP contribution in [0.4, 0.5) is 4.79 Å². The van der Waals surface area contributed by atoms with E-state index in [-0.39, 0.29) is 6.09 Å². The minimum absolute atomic E-state index is 0.306. The van der Waals surface area contributed by atoms with Gasteiger partial charge in [0.25, 0.3) is 0 Å². The summed E-state index contributed by atoms with van der Waals surface area (Å²) in [4.78, 5) is 15.1. The van der Waals surface area contributed by atoms with E-state index in [1.54, 1.807) is 23.8 Å². The zero-order valence-corrected chi connectivity index (χ0v) is 16.4. The van der Waals surface area contributed by atoms with E-state index in [0.717, 1.165) is 26.8 Å². The molecule has 0 atom stereocenters. The predicted octanol–water partition coefficient (Wildman–Crippen LogP) is 5.49. The molecule has 0 aromatic heterocycles. The molecule has 2 aromatic carbocycles. The van der Waals surface area contributed by atoms with Crippen molar-refractivity contribution >= 4 is 23.4 Å². The molecule has 0 spiro atoms. The van der Waals surface area contributed by atoms with Crippen LogP contribution in [-0.4, -0.2) is 31.3 Å². The number of hydrogen-bond donors (Lipinski definition) is 0. The molecule has 1 amide bonds. The third kappa shape index (κ3) is 4.55. The van der Waals surface area contributed by atoms with Gasteiger partial charge in [-0.1, -0.05) is 47.7 Å². The van der Waals surface area contributed by atoms with Crippen LogP contribution in [0.3, 0.4) is 0 Å². The first-order chi connectivity index (χ1) is 13.1. The molecular weight excluding hydrogens is 358 g/mol. The van der Waals surface area contributed by atoms with Crippen molar-refractivity contribution in [3.05, 3.63) is 77.3 Å². The molecule has 1 heterocycles. The van der Waals surface area contributed by atoms with Crippen LogP contribution in [-0.2, 0) is 4.74 Å². The van der Waals surface area contributed by atoms with Crippen LogP contribution in [0.1, 0.15) is 17.5 Å². The van der Waals surface area contributed by atoms with E-state index in [2.05, 4.69) is 37.8 Å². The summed E-state index contributed by atoms with van der Waals surface area (Å²) in [5.41, 5.74) is 3.27. The maximum Gasteiger partial charge on any atom is 0.414 e. The number of hydrogen-bond acceptors (Lipinski definition) is 4. The summed E-state index contributed by atoms with van der Waals surface area (Å²) in [6.07, 6.45) is 2.20. The van der Waals surface area contributed by atoms with E-state index in [1.165, 1.54) is 5.56 Å². The molecule has 5 heteroatoms. The second-order valence-electron chi connectivity index (χ2n) is 6.19. The van der Waals surface area contributed by atoms with Gasteiger partial charge < -0.3 is 9.47 Å². The Kier molecular flexibility index (Phi) is 6.24. The molecule has 4 nitrogen and oxygen atoms in total. The van der Waals surface area contributed by atoms with E-state index in [9.17, 15) is 4.79 Å². The molecule has 140 valence electrons. The van der Waals surface area contributed by atoms with Gasteiger partial charge in [-0.15, -0.1) is 6.58 Å². The monoisotopic (exact) mass is 381 g/mol. The standard InChI is InChI=1S/C22H23NO3S/c1-4-5-20(17-8-10-18(25-3)11-9-17)21(23-14-15-26-22(23)24)27-19-12-6-16(2)7-13-19/h4,6-13H,1,5,14-15H2,2-3H3/b21-20+. The second kappa shape index (κ2) is 8.82. The van der Waals surface area contributed by atoms with Crippen LogP contribution in [0, 0.1) is 6.92 Å². The van der Waals surface area contributed by atoms with Crippen molar-refractivity contribution in [3.8, 4) is 5.75 Å². The minimum Gasteiger partial charge on any atom is -0.497 e. The Balaban J connectivity index is 2.07. The molecule has 0 saturated carbocycles. The van der Waals surface area contributed by atoms with Crippen LogP contribution in [0.5, 0.6) is 5.75 Å². The van der Waals surface area contributed by atoms with Gasteiger partial charge in [0, 0.05) is 4.90 Å². The average molecular weight is 381 g/mol. The number of carbonyl (C=O) groups is 1. The summed E-state index contributed by atoms with van der Waals surface area (Å²) in [5, 5.41) is 0.881. The number of methoxy groups -OCH3 is 1. The zero-order chi connectivity index (χ0) is 19.2. The maximum atomic E-state index is 12.3. The largest absolute Gasteiger partial charge is 0.497 e. The van der Waals surface area contributed by atoms with Gasteiger partial charge in [-0.3, -0.25) is 4.90 Å².